The molecule has 192 valence electrons. The third kappa shape index (κ3) is 5.42. The van der Waals surface area contributed by atoms with Crippen molar-refractivity contribution in [2.45, 2.75) is 24.6 Å². The SMILES string of the molecule is CCOC(=O)c1cncc(N2CC(C(=O)NS(=O)(=O)Cc3ccc(C(F)(F)F)cc3)C2(C#N)OC)c1. The number of aromatic nitrogens is 1. The molecule has 2 heterocycles. The third-order valence-electron chi connectivity index (χ3n) is 5.47. The van der Waals surface area contributed by atoms with Crippen LogP contribution in [-0.2, 0) is 36.2 Å². The van der Waals surface area contributed by atoms with Crippen LogP contribution in [0, 0.1) is 17.2 Å². The summed E-state index contributed by atoms with van der Waals surface area (Å²) in [5.41, 5.74) is -2.45. The Balaban J connectivity index is 1.75. The van der Waals surface area contributed by atoms with E-state index in [4.69, 9.17) is 9.47 Å². The molecule has 1 fully saturated rings. The van der Waals surface area contributed by atoms with Crippen LogP contribution in [0.2, 0.25) is 0 Å². The Morgan fingerprint density at radius 3 is 2.50 bits per heavy atom. The van der Waals surface area contributed by atoms with Crippen LogP contribution < -0.4 is 9.62 Å². The Morgan fingerprint density at radius 1 is 1.28 bits per heavy atom. The van der Waals surface area contributed by atoms with Gasteiger partial charge in [0.1, 0.15) is 12.0 Å². The van der Waals surface area contributed by atoms with Crippen LogP contribution in [0.3, 0.4) is 0 Å². The van der Waals surface area contributed by atoms with Crippen LogP contribution in [0.4, 0.5) is 18.9 Å². The number of alkyl halides is 3. The molecule has 1 saturated heterocycles. The van der Waals surface area contributed by atoms with Gasteiger partial charge in [-0.25, -0.2) is 13.2 Å². The summed E-state index contributed by atoms with van der Waals surface area (Å²) < 4.78 is 75.2. The Kier molecular flexibility index (Phi) is 7.56. The number of hydrogen-bond donors (Lipinski definition) is 1. The summed E-state index contributed by atoms with van der Waals surface area (Å²) in [7, 11) is -3.15. The predicted octanol–water partition coefficient (Wildman–Crippen LogP) is 2.23. The van der Waals surface area contributed by atoms with Gasteiger partial charge in [-0.3, -0.25) is 14.5 Å². The second-order valence-corrected chi connectivity index (χ2v) is 9.47. The van der Waals surface area contributed by atoms with Crippen molar-refractivity contribution in [2.75, 3.05) is 25.2 Å². The van der Waals surface area contributed by atoms with E-state index in [0.717, 1.165) is 31.4 Å². The predicted molar refractivity (Wildman–Crippen MR) is 119 cm³/mol. The number of pyridine rings is 1. The second kappa shape index (κ2) is 10.1. The molecule has 1 aliphatic heterocycles. The van der Waals surface area contributed by atoms with Crippen molar-refractivity contribution in [1.29, 1.82) is 5.26 Å². The summed E-state index contributed by atoms with van der Waals surface area (Å²) in [6, 6.07) is 6.73. The lowest BCUT2D eigenvalue weighted by molar-refractivity contribution is -0.139. The molecule has 2 aromatic rings. The quantitative estimate of drug-likeness (QED) is 0.513. The molecule has 2 atom stereocenters. The van der Waals surface area contributed by atoms with Crippen molar-refractivity contribution >= 4 is 27.6 Å². The van der Waals surface area contributed by atoms with Gasteiger partial charge < -0.3 is 14.4 Å². The van der Waals surface area contributed by atoms with Gasteiger partial charge in [0, 0.05) is 19.9 Å². The Bertz CT molecular complexity index is 1290. The van der Waals surface area contributed by atoms with E-state index in [9.17, 15) is 36.4 Å². The highest BCUT2D eigenvalue weighted by Crippen LogP contribution is 2.41. The molecule has 14 heteroatoms. The zero-order chi connectivity index (χ0) is 26.7. The molecule has 1 aliphatic rings. The molecular weight excluding hydrogens is 505 g/mol. The number of rotatable bonds is 8. The Labute approximate surface area is 204 Å². The molecule has 10 nitrogen and oxygen atoms in total. The highest BCUT2D eigenvalue weighted by atomic mass is 32.2. The van der Waals surface area contributed by atoms with E-state index in [-0.39, 0.29) is 30.0 Å². The van der Waals surface area contributed by atoms with E-state index < -0.39 is 51.0 Å². The number of nitrogens with zero attached hydrogens (tertiary/aromatic N) is 3. The van der Waals surface area contributed by atoms with Crippen LogP contribution in [0.25, 0.3) is 0 Å². The number of benzene rings is 1. The molecular formula is C22H21F3N4O6S. The van der Waals surface area contributed by atoms with Crippen LogP contribution in [0.1, 0.15) is 28.4 Å². The Morgan fingerprint density at radius 2 is 1.94 bits per heavy atom. The van der Waals surface area contributed by atoms with Crippen LogP contribution in [0.5, 0.6) is 0 Å². The summed E-state index contributed by atoms with van der Waals surface area (Å²) >= 11 is 0. The van der Waals surface area contributed by atoms with E-state index in [0.29, 0.717) is 0 Å². The number of amides is 1. The highest BCUT2D eigenvalue weighted by Gasteiger charge is 2.59. The first-order valence-corrected chi connectivity index (χ1v) is 12.1. The average Bonchev–Trinajstić information content (AvgIpc) is 2.79. The topological polar surface area (TPSA) is 139 Å². The number of nitriles is 1. The minimum absolute atomic E-state index is 0.0266. The number of nitrogens with one attached hydrogen (secondary N) is 1. The van der Waals surface area contributed by atoms with E-state index in [2.05, 4.69) is 4.98 Å². The molecule has 2 unspecified atom stereocenters. The first kappa shape index (κ1) is 26.9. The highest BCUT2D eigenvalue weighted by molar-refractivity contribution is 7.89. The lowest BCUT2D eigenvalue weighted by Crippen LogP contribution is -2.72. The number of carbonyl (C=O) groups excluding carboxylic acids is 2. The lowest BCUT2D eigenvalue weighted by atomic mass is 9.83. The van der Waals surface area contributed by atoms with E-state index in [1.54, 1.807) is 6.92 Å². The molecule has 0 spiro atoms. The van der Waals surface area contributed by atoms with Gasteiger partial charge in [0.2, 0.25) is 21.7 Å². The van der Waals surface area contributed by atoms with Gasteiger partial charge in [-0.05, 0) is 30.7 Å². The van der Waals surface area contributed by atoms with Crippen molar-refractivity contribution < 1.29 is 40.7 Å². The summed E-state index contributed by atoms with van der Waals surface area (Å²) in [6.07, 6.45) is -1.97. The Hall–Kier alpha value is -3.70. The van der Waals surface area contributed by atoms with E-state index in [1.165, 1.54) is 23.4 Å². The normalized spacial score (nSPS) is 19.7. The number of ether oxygens (including phenoxy) is 2. The lowest BCUT2D eigenvalue weighted by Gasteiger charge is -2.52. The minimum atomic E-state index is -4.58. The average molecular weight is 526 g/mol. The first-order chi connectivity index (χ1) is 16.9. The summed E-state index contributed by atoms with van der Waals surface area (Å²) in [6.45, 7) is 1.62. The molecule has 0 aliphatic carbocycles. The van der Waals surface area contributed by atoms with Gasteiger partial charge in [-0.1, -0.05) is 12.1 Å². The monoisotopic (exact) mass is 526 g/mol. The van der Waals surface area contributed by atoms with Crippen molar-refractivity contribution in [3.63, 3.8) is 0 Å². The van der Waals surface area contributed by atoms with Crippen molar-refractivity contribution in [2.24, 2.45) is 5.92 Å². The molecule has 3 rings (SSSR count). The fourth-order valence-corrected chi connectivity index (χ4v) is 4.84. The van der Waals surface area contributed by atoms with Crippen LogP contribution in [0.15, 0.2) is 42.7 Å². The van der Waals surface area contributed by atoms with Gasteiger partial charge in [0.25, 0.3) is 0 Å². The maximum atomic E-state index is 12.8. The number of anilines is 1. The van der Waals surface area contributed by atoms with Crippen LogP contribution in [-0.4, -0.2) is 51.3 Å². The number of sulfonamides is 1. The molecule has 1 aromatic carbocycles. The standard InChI is InChI=1S/C22H21F3N4O6S/c1-3-35-20(31)15-8-17(10-27-9-15)29-11-18(21(29,13-26)34-2)19(30)28-36(32,33)12-14-4-6-16(7-5-14)22(23,24)25/h4-10,18H,3,11-12H2,1-2H3,(H,28,30). The van der Waals surface area contributed by atoms with Gasteiger partial charge in [0.15, 0.2) is 0 Å². The van der Waals surface area contributed by atoms with Crippen LogP contribution >= 0.6 is 0 Å². The molecule has 1 amide bonds. The zero-order valence-corrected chi connectivity index (χ0v) is 19.9. The molecule has 1 N–H and O–H groups in total. The fourth-order valence-electron chi connectivity index (χ4n) is 3.68. The van der Waals surface area contributed by atoms with Gasteiger partial charge in [0.05, 0.1) is 35.4 Å². The number of halogens is 3. The van der Waals surface area contributed by atoms with E-state index >= 15 is 0 Å². The van der Waals surface area contributed by atoms with Gasteiger partial charge >= 0.3 is 12.1 Å². The minimum Gasteiger partial charge on any atom is -0.462 e. The first-order valence-electron chi connectivity index (χ1n) is 10.4. The smallest absolute Gasteiger partial charge is 0.416 e. The van der Waals surface area contributed by atoms with Crippen molar-refractivity contribution in [3.05, 3.63) is 59.4 Å². The van der Waals surface area contributed by atoms with Crippen molar-refractivity contribution in [1.82, 2.24) is 9.71 Å². The summed E-state index contributed by atoms with van der Waals surface area (Å²) in [4.78, 5) is 30.1. The largest absolute Gasteiger partial charge is 0.462 e. The maximum absolute atomic E-state index is 12.8. The van der Waals surface area contributed by atoms with Crippen molar-refractivity contribution in [3.8, 4) is 6.07 Å². The fraction of sp³-hybridized carbons (Fsp3) is 0.364. The molecule has 0 saturated carbocycles. The number of esters is 1. The summed E-state index contributed by atoms with van der Waals surface area (Å²) in [5.74, 6) is -3.68. The van der Waals surface area contributed by atoms with E-state index in [1.807, 2.05) is 10.8 Å². The second-order valence-electron chi connectivity index (χ2n) is 7.75. The summed E-state index contributed by atoms with van der Waals surface area (Å²) in [5, 5.41) is 9.83. The zero-order valence-electron chi connectivity index (χ0n) is 19.1. The molecule has 1 aromatic heterocycles. The molecule has 36 heavy (non-hydrogen) atoms. The third-order valence-corrected chi connectivity index (χ3v) is 6.69. The maximum Gasteiger partial charge on any atom is 0.416 e. The van der Waals surface area contributed by atoms with Gasteiger partial charge in [-0.15, -0.1) is 0 Å². The number of methoxy groups -OCH3 is 1. The van der Waals surface area contributed by atoms with Gasteiger partial charge in [-0.2, -0.15) is 18.4 Å². The molecule has 0 bridgehead atoms. The number of hydrogen-bond acceptors (Lipinski definition) is 9. The number of carbonyl (C=O) groups is 2. The molecule has 0 radical (unpaired) electrons.